The largest absolute Gasteiger partial charge is 0.496 e. The van der Waals surface area contributed by atoms with Crippen LogP contribution in [0.5, 0.6) is 5.75 Å². The van der Waals surface area contributed by atoms with Crippen molar-refractivity contribution in [2.75, 3.05) is 14.2 Å². The molecule has 0 radical (unpaired) electrons. The third kappa shape index (κ3) is 2.79. The Kier molecular flexibility index (Phi) is 4.67. The molecular weight excluding hydrogens is 239 g/mol. The highest BCUT2D eigenvalue weighted by molar-refractivity contribution is 5.77. The van der Waals surface area contributed by atoms with Crippen LogP contribution in [0.25, 0.3) is 0 Å². The molecule has 0 aliphatic rings. The van der Waals surface area contributed by atoms with Crippen molar-refractivity contribution in [3.8, 4) is 5.75 Å². The van der Waals surface area contributed by atoms with Gasteiger partial charge in [0.2, 0.25) is 0 Å². The van der Waals surface area contributed by atoms with Gasteiger partial charge in [-0.1, -0.05) is 13.8 Å². The Balaban J connectivity index is 3.40. The van der Waals surface area contributed by atoms with Crippen LogP contribution in [0.15, 0.2) is 12.1 Å². The second-order valence-corrected chi connectivity index (χ2v) is 4.19. The van der Waals surface area contributed by atoms with Crippen LogP contribution in [0.3, 0.4) is 0 Å². The minimum Gasteiger partial charge on any atom is -0.496 e. The molecule has 0 saturated carbocycles. The van der Waals surface area contributed by atoms with Crippen LogP contribution in [0.4, 0.5) is 4.39 Å². The molecule has 4 nitrogen and oxygen atoms in total. The van der Waals surface area contributed by atoms with E-state index in [9.17, 15) is 14.3 Å². The molecule has 0 saturated heterocycles. The molecule has 0 fully saturated rings. The number of methoxy groups -OCH3 is 2. The summed E-state index contributed by atoms with van der Waals surface area (Å²) in [6, 6.07) is 2.35. The third-order valence-corrected chi connectivity index (χ3v) is 2.66. The Labute approximate surface area is 105 Å². The first-order chi connectivity index (χ1) is 8.42. The van der Waals surface area contributed by atoms with E-state index in [0.717, 1.165) is 13.2 Å². The maximum absolute atomic E-state index is 13.4. The Bertz CT molecular complexity index is 443. The lowest BCUT2D eigenvalue weighted by Gasteiger charge is -2.19. The number of esters is 1. The smallest absolute Gasteiger partial charge is 0.339 e. The van der Waals surface area contributed by atoms with Gasteiger partial charge in [0.05, 0.1) is 14.2 Å². The van der Waals surface area contributed by atoms with Gasteiger partial charge in [-0.25, -0.2) is 9.18 Å². The van der Waals surface area contributed by atoms with E-state index in [0.29, 0.717) is 11.3 Å². The number of halogens is 1. The van der Waals surface area contributed by atoms with Crippen molar-refractivity contribution in [3.05, 3.63) is 29.1 Å². The average molecular weight is 256 g/mol. The molecule has 1 rings (SSSR count). The summed E-state index contributed by atoms with van der Waals surface area (Å²) in [5.74, 6) is -1.13. The lowest BCUT2D eigenvalue weighted by molar-refractivity contribution is -0.150. The van der Waals surface area contributed by atoms with Crippen LogP contribution in [0, 0.1) is 5.82 Å². The highest BCUT2D eigenvalue weighted by Crippen LogP contribution is 2.34. The fourth-order valence-corrected chi connectivity index (χ4v) is 1.86. The zero-order valence-corrected chi connectivity index (χ0v) is 10.9. The average Bonchev–Trinajstić information content (AvgIpc) is 2.35. The maximum atomic E-state index is 13.4. The van der Waals surface area contributed by atoms with Gasteiger partial charge in [-0.2, -0.15) is 0 Å². The monoisotopic (exact) mass is 256 g/mol. The molecule has 0 heterocycles. The minimum absolute atomic E-state index is 0.0325. The number of ether oxygens (including phenoxy) is 2. The van der Waals surface area contributed by atoms with Gasteiger partial charge in [0, 0.05) is 17.2 Å². The van der Waals surface area contributed by atoms with Gasteiger partial charge < -0.3 is 14.6 Å². The van der Waals surface area contributed by atoms with Crippen LogP contribution in [-0.2, 0) is 9.53 Å². The molecule has 0 aromatic heterocycles. The molecule has 1 aromatic rings. The van der Waals surface area contributed by atoms with E-state index in [1.54, 1.807) is 0 Å². The molecular formula is C13H17FO4. The highest BCUT2D eigenvalue weighted by Gasteiger charge is 2.25. The maximum Gasteiger partial charge on any atom is 0.339 e. The first kappa shape index (κ1) is 14.4. The van der Waals surface area contributed by atoms with Gasteiger partial charge in [0.15, 0.2) is 6.10 Å². The third-order valence-electron chi connectivity index (χ3n) is 2.66. The Hall–Kier alpha value is -1.62. The normalized spacial score (nSPS) is 12.4. The van der Waals surface area contributed by atoms with E-state index >= 15 is 0 Å². The summed E-state index contributed by atoms with van der Waals surface area (Å²) >= 11 is 0. The Morgan fingerprint density at radius 1 is 1.33 bits per heavy atom. The lowest BCUT2D eigenvalue weighted by Crippen LogP contribution is -2.16. The quantitative estimate of drug-likeness (QED) is 0.839. The van der Waals surface area contributed by atoms with Crippen LogP contribution in [0.2, 0.25) is 0 Å². The van der Waals surface area contributed by atoms with E-state index < -0.39 is 17.9 Å². The molecule has 1 unspecified atom stereocenters. The van der Waals surface area contributed by atoms with Gasteiger partial charge in [0.25, 0.3) is 0 Å². The lowest BCUT2D eigenvalue weighted by atomic mass is 9.92. The molecule has 100 valence electrons. The standard InChI is InChI=1S/C13H17FO4/c1-7(2)11-9(12(15)13(16)18-4)5-8(14)6-10(11)17-3/h5-7,12,15H,1-4H3. The summed E-state index contributed by atoms with van der Waals surface area (Å²) in [6.45, 7) is 3.73. The molecule has 1 atom stereocenters. The van der Waals surface area contributed by atoms with Gasteiger partial charge in [-0.05, 0) is 12.0 Å². The fraction of sp³-hybridized carbons (Fsp3) is 0.462. The van der Waals surface area contributed by atoms with E-state index in [4.69, 9.17) is 4.74 Å². The fourth-order valence-electron chi connectivity index (χ4n) is 1.86. The molecule has 5 heteroatoms. The SMILES string of the molecule is COC(=O)C(O)c1cc(F)cc(OC)c1C(C)C. The summed E-state index contributed by atoms with van der Waals surface area (Å²) < 4.78 is 23.0. The van der Waals surface area contributed by atoms with Crippen molar-refractivity contribution in [1.82, 2.24) is 0 Å². The van der Waals surface area contributed by atoms with Crippen molar-refractivity contribution in [1.29, 1.82) is 0 Å². The first-order valence-corrected chi connectivity index (χ1v) is 5.55. The van der Waals surface area contributed by atoms with Crippen LogP contribution < -0.4 is 4.74 Å². The second kappa shape index (κ2) is 5.82. The molecule has 1 aromatic carbocycles. The highest BCUT2D eigenvalue weighted by atomic mass is 19.1. The van der Waals surface area contributed by atoms with Gasteiger partial charge in [-0.3, -0.25) is 0 Å². The predicted molar refractivity (Wildman–Crippen MR) is 64.0 cm³/mol. The zero-order chi connectivity index (χ0) is 13.9. The van der Waals surface area contributed by atoms with E-state index in [2.05, 4.69) is 4.74 Å². The summed E-state index contributed by atoms with van der Waals surface area (Å²) in [5, 5.41) is 9.87. The molecule has 0 aliphatic carbocycles. The van der Waals surface area contributed by atoms with Crippen molar-refractivity contribution in [2.24, 2.45) is 0 Å². The predicted octanol–water partition coefficient (Wildman–Crippen LogP) is 2.16. The van der Waals surface area contributed by atoms with Crippen molar-refractivity contribution < 1.29 is 23.8 Å². The summed E-state index contributed by atoms with van der Waals surface area (Å²) in [4.78, 5) is 11.4. The number of aliphatic hydroxyl groups is 1. The molecule has 0 aliphatic heterocycles. The van der Waals surface area contributed by atoms with Gasteiger partial charge in [0.1, 0.15) is 11.6 Å². The number of rotatable bonds is 4. The molecule has 18 heavy (non-hydrogen) atoms. The van der Waals surface area contributed by atoms with Crippen LogP contribution >= 0.6 is 0 Å². The number of hydrogen-bond donors (Lipinski definition) is 1. The Morgan fingerprint density at radius 2 is 1.94 bits per heavy atom. The molecule has 0 amide bonds. The second-order valence-electron chi connectivity index (χ2n) is 4.19. The first-order valence-electron chi connectivity index (χ1n) is 5.55. The number of hydrogen-bond acceptors (Lipinski definition) is 4. The van der Waals surface area contributed by atoms with Crippen molar-refractivity contribution in [2.45, 2.75) is 25.9 Å². The molecule has 1 N–H and O–H groups in total. The topological polar surface area (TPSA) is 55.8 Å². The van der Waals surface area contributed by atoms with E-state index in [1.165, 1.54) is 13.2 Å². The van der Waals surface area contributed by atoms with Crippen molar-refractivity contribution in [3.63, 3.8) is 0 Å². The van der Waals surface area contributed by atoms with Gasteiger partial charge in [-0.15, -0.1) is 0 Å². The summed E-state index contributed by atoms with van der Waals surface area (Å²) in [5.41, 5.74) is 0.769. The van der Waals surface area contributed by atoms with Gasteiger partial charge >= 0.3 is 5.97 Å². The molecule has 0 spiro atoms. The van der Waals surface area contributed by atoms with E-state index in [1.807, 2.05) is 13.8 Å². The number of aliphatic hydroxyl groups excluding tert-OH is 1. The Morgan fingerprint density at radius 3 is 2.39 bits per heavy atom. The number of carbonyl (C=O) groups excluding carboxylic acids is 1. The van der Waals surface area contributed by atoms with Crippen LogP contribution in [-0.4, -0.2) is 25.3 Å². The minimum atomic E-state index is -1.52. The zero-order valence-electron chi connectivity index (χ0n) is 10.9. The van der Waals surface area contributed by atoms with Crippen LogP contribution in [0.1, 0.15) is 37.0 Å². The number of carbonyl (C=O) groups is 1. The van der Waals surface area contributed by atoms with Crippen molar-refractivity contribution >= 4 is 5.97 Å². The molecule has 0 bridgehead atoms. The summed E-state index contributed by atoms with van der Waals surface area (Å²) in [7, 11) is 2.58. The summed E-state index contributed by atoms with van der Waals surface area (Å²) in [6.07, 6.45) is -1.52. The van der Waals surface area contributed by atoms with E-state index in [-0.39, 0.29) is 11.5 Å². The number of benzene rings is 1.